The highest BCUT2D eigenvalue weighted by molar-refractivity contribution is 7.89. The lowest BCUT2D eigenvalue weighted by Crippen LogP contribution is -2.46. The summed E-state index contributed by atoms with van der Waals surface area (Å²) in [6, 6.07) is 5.50. The van der Waals surface area contributed by atoms with Crippen LogP contribution in [-0.4, -0.2) is 87.6 Å². The Hall–Kier alpha value is -1.24. The fourth-order valence-electron chi connectivity index (χ4n) is 4.02. The van der Waals surface area contributed by atoms with E-state index in [9.17, 15) is 21.6 Å². The van der Waals surface area contributed by atoms with E-state index in [4.69, 9.17) is 0 Å². The van der Waals surface area contributed by atoms with Gasteiger partial charge in [-0.15, -0.1) is 12.4 Å². The maximum absolute atomic E-state index is 13.1. The van der Waals surface area contributed by atoms with Crippen LogP contribution >= 0.6 is 12.4 Å². The van der Waals surface area contributed by atoms with Crippen LogP contribution in [0.5, 0.6) is 0 Å². The summed E-state index contributed by atoms with van der Waals surface area (Å²) >= 11 is 0. The van der Waals surface area contributed by atoms with Crippen LogP contribution in [0.4, 0.5) is 0 Å². The van der Waals surface area contributed by atoms with Crippen molar-refractivity contribution in [3.63, 3.8) is 0 Å². The molecule has 2 saturated heterocycles. The SMILES string of the molecule is CC(C)(C)NC(=O)CN1CCCN(S(=O)(=O)c2ccc(S(=O)(=O)N3CCCC3)cc2)CC1.Cl. The normalized spacial score (nSPS) is 19.6. The average molecular weight is 523 g/mol. The number of halogens is 1. The van der Waals surface area contributed by atoms with E-state index in [0.717, 1.165) is 12.8 Å². The number of hydrogen-bond donors (Lipinski definition) is 1. The summed E-state index contributed by atoms with van der Waals surface area (Å²) in [7, 11) is -7.33. The van der Waals surface area contributed by atoms with Gasteiger partial charge in [-0.3, -0.25) is 9.69 Å². The summed E-state index contributed by atoms with van der Waals surface area (Å²) in [5.74, 6) is -0.0800. The molecule has 0 aromatic heterocycles. The molecule has 0 aliphatic carbocycles. The number of nitrogens with zero attached hydrogens (tertiary/aromatic N) is 3. The monoisotopic (exact) mass is 522 g/mol. The fraction of sp³-hybridized carbons (Fsp3) is 0.667. The molecular weight excluding hydrogens is 488 g/mol. The Labute approximate surface area is 204 Å². The van der Waals surface area contributed by atoms with E-state index in [-0.39, 0.29) is 46.7 Å². The molecule has 3 rings (SSSR count). The summed E-state index contributed by atoms with van der Waals surface area (Å²) in [5.41, 5.74) is -0.313. The number of rotatable bonds is 6. The highest BCUT2D eigenvalue weighted by Crippen LogP contribution is 2.24. The van der Waals surface area contributed by atoms with Crippen molar-refractivity contribution in [1.82, 2.24) is 18.8 Å². The predicted molar refractivity (Wildman–Crippen MR) is 129 cm³/mol. The first kappa shape index (κ1) is 28.0. The Kier molecular flexibility index (Phi) is 9.34. The zero-order valence-corrected chi connectivity index (χ0v) is 21.9. The molecule has 1 amide bonds. The molecule has 0 saturated carbocycles. The molecule has 12 heteroatoms. The molecule has 2 aliphatic rings. The van der Waals surface area contributed by atoms with Gasteiger partial charge in [-0.05, 0) is 70.8 Å². The molecule has 0 spiro atoms. The molecule has 188 valence electrons. The van der Waals surface area contributed by atoms with Crippen LogP contribution in [0.1, 0.15) is 40.0 Å². The minimum Gasteiger partial charge on any atom is -0.350 e. The first-order valence-corrected chi connectivity index (χ1v) is 13.9. The second kappa shape index (κ2) is 11.0. The molecule has 0 atom stereocenters. The Morgan fingerprint density at radius 3 is 1.73 bits per heavy atom. The number of carbonyl (C=O) groups excluding carboxylic acids is 1. The van der Waals surface area contributed by atoms with Gasteiger partial charge in [0, 0.05) is 38.3 Å². The third-order valence-electron chi connectivity index (χ3n) is 5.59. The number of amides is 1. The van der Waals surface area contributed by atoms with Crippen molar-refractivity contribution in [1.29, 1.82) is 0 Å². The van der Waals surface area contributed by atoms with Crippen LogP contribution in [0.3, 0.4) is 0 Å². The van der Waals surface area contributed by atoms with Gasteiger partial charge in [0.2, 0.25) is 26.0 Å². The molecule has 2 aliphatic heterocycles. The van der Waals surface area contributed by atoms with Gasteiger partial charge in [0.1, 0.15) is 0 Å². The quantitative estimate of drug-likeness (QED) is 0.606. The maximum atomic E-state index is 13.1. The van der Waals surface area contributed by atoms with Gasteiger partial charge in [-0.25, -0.2) is 16.8 Å². The summed E-state index contributed by atoms with van der Waals surface area (Å²) in [6.45, 7) is 8.71. The van der Waals surface area contributed by atoms with Gasteiger partial charge in [0.05, 0.1) is 16.3 Å². The smallest absolute Gasteiger partial charge is 0.243 e. The molecule has 0 bridgehead atoms. The number of hydrogen-bond acceptors (Lipinski definition) is 6. The second-order valence-electron chi connectivity index (χ2n) is 9.41. The molecule has 33 heavy (non-hydrogen) atoms. The van der Waals surface area contributed by atoms with Gasteiger partial charge in [-0.1, -0.05) is 0 Å². The van der Waals surface area contributed by atoms with Crippen LogP contribution in [0.2, 0.25) is 0 Å². The minimum absolute atomic E-state index is 0. The average Bonchev–Trinajstić information content (AvgIpc) is 3.15. The zero-order chi connectivity index (χ0) is 23.6. The Bertz CT molecular complexity index is 1020. The van der Waals surface area contributed by atoms with Crippen molar-refractivity contribution >= 4 is 38.4 Å². The number of nitrogens with one attached hydrogen (secondary N) is 1. The van der Waals surface area contributed by atoms with E-state index in [0.29, 0.717) is 39.1 Å². The van der Waals surface area contributed by atoms with Crippen molar-refractivity contribution in [2.24, 2.45) is 0 Å². The Balaban J connectivity index is 0.00000385. The Morgan fingerprint density at radius 1 is 0.788 bits per heavy atom. The van der Waals surface area contributed by atoms with Crippen molar-refractivity contribution in [2.45, 2.75) is 55.4 Å². The van der Waals surface area contributed by atoms with Crippen LogP contribution in [0, 0.1) is 0 Å². The molecule has 0 radical (unpaired) electrons. The van der Waals surface area contributed by atoms with Crippen LogP contribution in [0.15, 0.2) is 34.1 Å². The van der Waals surface area contributed by atoms with Crippen molar-refractivity contribution < 1.29 is 21.6 Å². The third-order valence-corrected chi connectivity index (χ3v) is 9.42. The summed E-state index contributed by atoms with van der Waals surface area (Å²) in [4.78, 5) is 14.4. The van der Waals surface area contributed by atoms with Gasteiger partial charge in [-0.2, -0.15) is 8.61 Å². The maximum Gasteiger partial charge on any atom is 0.243 e. The first-order valence-electron chi connectivity index (χ1n) is 11.0. The van der Waals surface area contributed by atoms with Gasteiger partial charge < -0.3 is 5.32 Å². The third kappa shape index (κ3) is 7.12. The number of benzene rings is 1. The Morgan fingerprint density at radius 2 is 1.24 bits per heavy atom. The molecule has 0 unspecified atom stereocenters. The lowest BCUT2D eigenvalue weighted by molar-refractivity contribution is -0.123. The van der Waals surface area contributed by atoms with E-state index in [1.54, 1.807) is 0 Å². The topological polar surface area (TPSA) is 107 Å². The van der Waals surface area contributed by atoms with Gasteiger partial charge in [0.15, 0.2) is 0 Å². The van der Waals surface area contributed by atoms with E-state index in [2.05, 4.69) is 5.32 Å². The minimum atomic E-state index is -3.75. The number of sulfonamides is 2. The number of carbonyl (C=O) groups is 1. The molecule has 1 aromatic carbocycles. The highest BCUT2D eigenvalue weighted by atomic mass is 35.5. The first-order chi connectivity index (χ1) is 14.9. The molecule has 2 heterocycles. The van der Waals surface area contributed by atoms with E-state index < -0.39 is 20.0 Å². The largest absolute Gasteiger partial charge is 0.350 e. The lowest BCUT2D eigenvalue weighted by Gasteiger charge is -2.25. The fourth-order valence-corrected chi connectivity index (χ4v) is 7.00. The van der Waals surface area contributed by atoms with Crippen LogP contribution in [0.25, 0.3) is 0 Å². The standard InChI is InChI=1S/C21H34N4O5S2.ClH/c1-21(2,3)22-20(26)17-23-11-6-14-25(16-15-23)32(29,30)19-9-7-18(8-10-19)31(27,28)24-12-4-5-13-24;/h7-10H,4-6,11-17H2,1-3H3,(H,22,26);1H. The zero-order valence-electron chi connectivity index (χ0n) is 19.5. The highest BCUT2D eigenvalue weighted by Gasteiger charge is 2.30. The molecule has 9 nitrogen and oxygen atoms in total. The lowest BCUT2D eigenvalue weighted by atomic mass is 10.1. The van der Waals surface area contributed by atoms with Crippen LogP contribution in [-0.2, 0) is 24.8 Å². The van der Waals surface area contributed by atoms with E-state index in [1.807, 2.05) is 25.7 Å². The summed E-state index contributed by atoms with van der Waals surface area (Å²) in [6.07, 6.45) is 2.30. The molecule has 1 N–H and O–H groups in total. The molecule has 1 aromatic rings. The van der Waals surface area contributed by atoms with Gasteiger partial charge >= 0.3 is 0 Å². The molecule has 2 fully saturated rings. The second-order valence-corrected chi connectivity index (χ2v) is 13.3. The summed E-state index contributed by atoms with van der Waals surface area (Å²) < 4.78 is 54.5. The molecular formula is C21H35ClN4O5S2. The van der Waals surface area contributed by atoms with Crippen molar-refractivity contribution in [3.05, 3.63) is 24.3 Å². The van der Waals surface area contributed by atoms with Crippen molar-refractivity contribution in [3.8, 4) is 0 Å². The summed E-state index contributed by atoms with van der Waals surface area (Å²) in [5, 5.41) is 2.93. The van der Waals surface area contributed by atoms with Crippen LogP contribution < -0.4 is 5.32 Å². The van der Waals surface area contributed by atoms with Gasteiger partial charge in [0.25, 0.3) is 0 Å². The van der Waals surface area contributed by atoms with Crippen molar-refractivity contribution in [2.75, 3.05) is 45.8 Å². The predicted octanol–water partition coefficient (Wildman–Crippen LogP) is 1.50. The van der Waals surface area contributed by atoms with E-state index >= 15 is 0 Å². The van der Waals surface area contributed by atoms with E-state index in [1.165, 1.54) is 32.9 Å².